The van der Waals surface area contributed by atoms with Gasteiger partial charge in [-0.25, -0.2) is 4.79 Å². The number of amides is 3. The van der Waals surface area contributed by atoms with E-state index in [2.05, 4.69) is 15.5 Å². The van der Waals surface area contributed by atoms with Crippen LogP contribution in [0.4, 0.5) is 10.5 Å². The Labute approximate surface area is 107 Å². The minimum atomic E-state index is -0.484. The third-order valence-electron chi connectivity index (χ3n) is 3.04. The Balaban J connectivity index is 2.13. The SMILES string of the molecule is O=Cc1cc(N2CCC(=O)NC2=O)c2cn[nH]c2c1. The van der Waals surface area contributed by atoms with Crippen molar-refractivity contribution in [1.82, 2.24) is 15.5 Å². The van der Waals surface area contributed by atoms with Crippen molar-refractivity contribution in [2.24, 2.45) is 0 Å². The minimum absolute atomic E-state index is 0.233. The molecule has 0 atom stereocenters. The molecular weight excluding hydrogens is 248 g/mol. The number of H-pyrrole nitrogens is 1. The lowest BCUT2D eigenvalue weighted by Crippen LogP contribution is -2.49. The molecule has 7 heteroatoms. The number of nitrogens with zero attached hydrogens (tertiary/aromatic N) is 2. The van der Waals surface area contributed by atoms with E-state index in [-0.39, 0.29) is 18.9 Å². The maximum atomic E-state index is 11.8. The van der Waals surface area contributed by atoms with Crippen LogP contribution >= 0.6 is 0 Å². The van der Waals surface area contributed by atoms with E-state index in [0.29, 0.717) is 23.1 Å². The van der Waals surface area contributed by atoms with E-state index in [0.717, 1.165) is 5.39 Å². The predicted octanol–water partition coefficient (Wildman–Crippen LogP) is 0.822. The van der Waals surface area contributed by atoms with E-state index in [9.17, 15) is 14.4 Å². The van der Waals surface area contributed by atoms with Crippen LogP contribution in [0.1, 0.15) is 16.8 Å². The number of nitrogens with one attached hydrogen (secondary N) is 2. The molecule has 96 valence electrons. The molecule has 3 amide bonds. The zero-order valence-corrected chi connectivity index (χ0v) is 9.84. The fourth-order valence-corrected chi connectivity index (χ4v) is 2.14. The number of aldehydes is 1. The normalized spacial score (nSPS) is 15.7. The predicted molar refractivity (Wildman–Crippen MR) is 67.0 cm³/mol. The topological polar surface area (TPSA) is 95.2 Å². The standard InChI is InChI=1S/C12H10N4O3/c17-6-7-3-9-8(5-13-15-9)10(4-7)16-2-1-11(18)14-12(16)19/h3-6H,1-2H2,(H,13,15)(H,14,18,19). The number of hydrogen-bond acceptors (Lipinski definition) is 4. The Bertz CT molecular complexity index is 691. The average molecular weight is 258 g/mol. The number of hydrogen-bond donors (Lipinski definition) is 2. The second-order valence-corrected chi connectivity index (χ2v) is 4.24. The number of carbonyl (C=O) groups is 3. The molecule has 1 aromatic heterocycles. The van der Waals surface area contributed by atoms with Crippen LogP contribution in [-0.2, 0) is 4.79 Å². The molecule has 0 saturated carbocycles. The van der Waals surface area contributed by atoms with E-state index in [1.807, 2.05) is 0 Å². The number of anilines is 1. The quantitative estimate of drug-likeness (QED) is 0.779. The molecule has 0 radical (unpaired) electrons. The van der Waals surface area contributed by atoms with Crippen LogP contribution in [0.3, 0.4) is 0 Å². The molecule has 2 N–H and O–H groups in total. The monoisotopic (exact) mass is 258 g/mol. The number of aromatic amines is 1. The van der Waals surface area contributed by atoms with Crippen LogP contribution in [0.5, 0.6) is 0 Å². The van der Waals surface area contributed by atoms with Crippen molar-refractivity contribution in [2.45, 2.75) is 6.42 Å². The van der Waals surface area contributed by atoms with E-state index in [1.165, 1.54) is 4.90 Å². The second-order valence-electron chi connectivity index (χ2n) is 4.24. The zero-order chi connectivity index (χ0) is 13.4. The van der Waals surface area contributed by atoms with E-state index >= 15 is 0 Å². The van der Waals surface area contributed by atoms with Crippen LogP contribution in [0.15, 0.2) is 18.3 Å². The first-order chi connectivity index (χ1) is 9.19. The number of urea groups is 1. The first-order valence-electron chi connectivity index (χ1n) is 5.72. The number of carbonyl (C=O) groups excluding carboxylic acids is 3. The van der Waals surface area contributed by atoms with Crippen LogP contribution < -0.4 is 10.2 Å². The van der Waals surface area contributed by atoms with Gasteiger partial charge in [0.1, 0.15) is 6.29 Å². The van der Waals surface area contributed by atoms with Crippen molar-refractivity contribution in [3.05, 3.63) is 23.9 Å². The fraction of sp³-hybridized carbons (Fsp3) is 0.167. The fourth-order valence-electron chi connectivity index (χ4n) is 2.14. The zero-order valence-electron chi connectivity index (χ0n) is 9.84. The van der Waals surface area contributed by atoms with E-state index < -0.39 is 6.03 Å². The number of benzene rings is 1. The molecule has 7 nitrogen and oxygen atoms in total. The van der Waals surface area contributed by atoms with Gasteiger partial charge in [0.2, 0.25) is 5.91 Å². The molecule has 0 aliphatic carbocycles. The molecule has 0 unspecified atom stereocenters. The molecule has 1 aromatic carbocycles. The highest BCUT2D eigenvalue weighted by Crippen LogP contribution is 2.28. The van der Waals surface area contributed by atoms with Crippen LogP contribution in [0, 0.1) is 0 Å². The molecule has 1 aliphatic rings. The van der Waals surface area contributed by atoms with Gasteiger partial charge < -0.3 is 0 Å². The van der Waals surface area contributed by atoms with Crippen LogP contribution in [0.25, 0.3) is 10.9 Å². The van der Waals surface area contributed by atoms with Gasteiger partial charge in [-0.1, -0.05) is 0 Å². The average Bonchev–Trinajstić information content (AvgIpc) is 2.86. The van der Waals surface area contributed by atoms with Gasteiger partial charge in [-0.3, -0.25) is 24.9 Å². The van der Waals surface area contributed by atoms with Gasteiger partial charge in [0, 0.05) is 23.9 Å². The third kappa shape index (κ3) is 1.85. The summed E-state index contributed by atoms with van der Waals surface area (Å²) in [5, 5.41) is 9.65. The largest absolute Gasteiger partial charge is 0.328 e. The van der Waals surface area contributed by atoms with Crippen molar-refractivity contribution in [3.8, 4) is 0 Å². The maximum absolute atomic E-state index is 11.8. The van der Waals surface area contributed by atoms with Crippen LogP contribution in [0.2, 0.25) is 0 Å². The molecule has 1 aliphatic heterocycles. The summed E-state index contributed by atoms with van der Waals surface area (Å²) in [6.07, 6.45) is 2.52. The number of imide groups is 1. The summed E-state index contributed by atoms with van der Waals surface area (Å²) in [4.78, 5) is 35.4. The van der Waals surface area contributed by atoms with Crippen LogP contribution in [-0.4, -0.2) is 35.0 Å². The Morgan fingerprint density at radius 3 is 2.89 bits per heavy atom. The molecule has 1 fully saturated rings. The van der Waals surface area contributed by atoms with Gasteiger partial charge in [0.05, 0.1) is 17.4 Å². The summed E-state index contributed by atoms with van der Waals surface area (Å²) in [5.74, 6) is -0.295. The molecule has 2 aromatic rings. The molecule has 19 heavy (non-hydrogen) atoms. The van der Waals surface area contributed by atoms with Crippen molar-refractivity contribution >= 4 is 34.8 Å². The van der Waals surface area contributed by atoms with Crippen molar-refractivity contribution in [2.75, 3.05) is 11.4 Å². The van der Waals surface area contributed by atoms with Gasteiger partial charge in [0.15, 0.2) is 0 Å². The smallest absolute Gasteiger partial charge is 0.298 e. The highest BCUT2D eigenvalue weighted by Gasteiger charge is 2.26. The summed E-state index contributed by atoms with van der Waals surface area (Å²) < 4.78 is 0. The molecule has 3 rings (SSSR count). The Morgan fingerprint density at radius 1 is 1.32 bits per heavy atom. The highest BCUT2D eigenvalue weighted by molar-refractivity contribution is 6.10. The maximum Gasteiger partial charge on any atom is 0.328 e. The lowest BCUT2D eigenvalue weighted by atomic mass is 10.1. The third-order valence-corrected chi connectivity index (χ3v) is 3.04. The van der Waals surface area contributed by atoms with Gasteiger partial charge in [-0.15, -0.1) is 0 Å². The van der Waals surface area contributed by atoms with E-state index in [1.54, 1.807) is 18.3 Å². The summed E-state index contributed by atoms with van der Waals surface area (Å²) in [7, 11) is 0. The van der Waals surface area contributed by atoms with Crippen molar-refractivity contribution in [1.29, 1.82) is 0 Å². The Kier molecular flexibility index (Phi) is 2.52. The molecule has 0 spiro atoms. The summed E-state index contributed by atoms with van der Waals surface area (Å²) in [6, 6.07) is 2.79. The van der Waals surface area contributed by atoms with Gasteiger partial charge >= 0.3 is 6.03 Å². The Morgan fingerprint density at radius 2 is 2.16 bits per heavy atom. The van der Waals surface area contributed by atoms with Gasteiger partial charge in [-0.2, -0.15) is 5.10 Å². The number of rotatable bonds is 2. The van der Waals surface area contributed by atoms with Crippen molar-refractivity contribution in [3.63, 3.8) is 0 Å². The summed E-state index contributed by atoms with van der Waals surface area (Å²) >= 11 is 0. The molecule has 1 saturated heterocycles. The van der Waals surface area contributed by atoms with E-state index in [4.69, 9.17) is 0 Å². The summed E-state index contributed by atoms with van der Waals surface area (Å²) in [5.41, 5.74) is 1.68. The highest BCUT2D eigenvalue weighted by atomic mass is 16.2. The number of fused-ring (bicyclic) bond motifs is 1. The number of aromatic nitrogens is 2. The summed E-state index contributed by atoms with van der Waals surface area (Å²) in [6.45, 7) is 0.285. The van der Waals surface area contributed by atoms with Gasteiger partial charge in [0.25, 0.3) is 0 Å². The lowest BCUT2D eigenvalue weighted by molar-refractivity contribution is -0.120. The van der Waals surface area contributed by atoms with Gasteiger partial charge in [-0.05, 0) is 12.1 Å². The lowest BCUT2D eigenvalue weighted by Gasteiger charge is -2.27. The first-order valence-corrected chi connectivity index (χ1v) is 5.72. The Hall–Kier alpha value is -2.70. The minimum Gasteiger partial charge on any atom is -0.298 e. The first kappa shape index (κ1) is 11.4. The molecule has 2 heterocycles. The molecular formula is C12H10N4O3. The van der Waals surface area contributed by atoms with Crippen molar-refractivity contribution < 1.29 is 14.4 Å². The molecule has 0 bridgehead atoms. The second kappa shape index (κ2) is 4.20.